The van der Waals surface area contributed by atoms with Crippen molar-refractivity contribution in [1.29, 1.82) is 0 Å². The Hall–Kier alpha value is -2.27. The second-order valence-electron chi connectivity index (χ2n) is 11.9. The van der Waals surface area contributed by atoms with Gasteiger partial charge in [0, 0.05) is 53.8 Å². The van der Waals surface area contributed by atoms with E-state index in [4.69, 9.17) is 0 Å². The van der Waals surface area contributed by atoms with Crippen molar-refractivity contribution in [2.45, 2.75) is 84.0 Å². The van der Waals surface area contributed by atoms with Gasteiger partial charge in [-0.25, -0.2) is 9.50 Å². The maximum Gasteiger partial charge on any atom is 0.281 e. The molecule has 3 aliphatic rings. The van der Waals surface area contributed by atoms with Crippen molar-refractivity contribution >= 4 is 37.4 Å². The molecule has 0 aromatic carbocycles. The highest BCUT2D eigenvalue weighted by Crippen LogP contribution is 2.47. The zero-order valence-corrected chi connectivity index (χ0v) is 24.8. The van der Waals surface area contributed by atoms with Crippen LogP contribution in [0.5, 0.6) is 0 Å². The van der Waals surface area contributed by atoms with E-state index in [1.807, 2.05) is 15.9 Å². The number of aromatic amines is 1. The maximum atomic E-state index is 13.2. The van der Waals surface area contributed by atoms with E-state index in [0.717, 1.165) is 57.0 Å². The number of pyridine rings is 1. The first kappa shape index (κ1) is 25.7. The van der Waals surface area contributed by atoms with Gasteiger partial charge in [-0.05, 0) is 80.4 Å². The van der Waals surface area contributed by atoms with Gasteiger partial charge in [-0.1, -0.05) is 20.3 Å². The van der Waals surface area contributed by atoms with Gasteiger partial charge in [0.25, 0.3) is 10.2 Å². The zero-order valence-electron chi connectivity index (χ0n) is 23.2. The van der Waals surface area contributed by atoms with Gasteiger partial charge in [0.2, 0.25) is 0 Å². The third-order valence-corrected chi connectivity index (χ3v) is 12.6. The first-order valence-electron chi connectivity index (χ1n) is 14.6. The molecule has 4 aromatic heterocycles. The molecule has 7 rings (SSSR count). The van der Waals surface area contributed by atoms with E-state index in [1.165, 1.54) is 48.6 Å². The molecule has 0 unspecified atom stereocenters. The van der Waals surface area contributed by atoms with Crippen LogP contribution in [0.2, 0.25) is 0 Å². The molecular weight excluding hydrogens is 528 g/mol. The van der Waals surface area contributed by atoms with Crippen LogP contribution >= 0.6 is 11.3 Å². The molecule has 0 spiro atoms. The number of H-pyrrole nitrogens is 1. The molecule has 6 heterocycles. The summed E-state index contributed by atoms with van der Waals surface area (Å²) < 4.78 is 31.8. The molecule has 0 radical (unpaired) electrons. The van der Waals surface area contributed by atoms with Crippen LogP contribution in [0.15, 0.2) is 12.5 Å². The molecule has 2 aliphatic heterocycles. The van der Waals surface area contributed by atoms with Crippen molar-refractivity contribution in [3.63, 3.8) is 0 Å². The van der Waals surface area contributed by atoms with Crippen molar-refractivity contribution in [3.05, 3.63) is 39.7 Å². The molecule has 0 atom stereocenters. The number of rotatable bonds is 5. The van der Waals surface area contributed by atoms with Gasteiger partial charge in [-0.3, -0.25) is 0 Å². The fourth-order valence-corrected chi connectivity index (χ4v) is 10.4. The van der Waals surface area contributed by atoms with Crippen molar-refractivity contribution in [1.82, 2.24) is 28.2 Å². The fourth-order valence-electron chi connectivity index (χ4n) is 7.30. The number of nitrogens with one attached hydrogen (secondary N) is 1. The molecule has 0 amide bonds. The minimum Gasteiger partial charge on any atom is -0.346 e. The molecule has 1 aliphatic carbocycles. The summed E-state index contributed by atoms with van der Waals surface area (Å²) in [6.45, 7) is 9.43. The lowest BCUT2D eigenvalue weighted by Crippen LogP contribution is -2.48. The Morgan fingerprint density at radius 1 is 1.00 bits per heavy atom. The summed E-state index contributed by atoms with van der Waals surface area (Å²) in [4.78, 5) is 11.1. The number of nitrogens with zero attached hydrogens (tertiary/aromatic N) is 5. The lowest BCUT2D eigenvalue weighted by atomic mass is 9.90. The molecule has 0 bridgehead atoms. The van der Waals surface area contributed by atoms with Crippen LogP contribution in [0.3, 0.4) is 0 Å². The van der Waals surface area contributed by atoms with Crippen LogP contribution in [0, 0.1) is 6.92 Å². The topological polar surface area (TPSA) is 86.6 Å². The Morgan fingerprint density at radius 2 is 1.72 bits per heavy atom. The van der Waals surface area contributed by atoms with Crippen LogP contribution in [0.1, 0.15) is 91.3 Å². The van der Waals surface area contributed by atoms with E-state index >= 15 is 0 Å². The first-order valence-corrected chi connectivity index (χ1v) is 16.8. The van der Waals surface area contributed by atoms with Crippen LogP contribution in [-0.2, 0) is 23.1 Å². The molecule has 2 saturated heterocycles. The van der Waals surface area contributed by atoms with E-state index < -0.39 is 10.2 Å². The van der Waals surface area contributed by atoms with Crippen molar-refractivity contribution in [2.24, 2.45) is 0 Å². The minimum absolute atomic E-state index is 0.370. The normalized spacial score (nSPS) is 20.1. The van der Waals surface area contributed by atoms with E-state index in [2.05, 4.69) is 42.0 Å². The standard InChI is InChI=1S/C29H38N6O2S2/c1-18(2)24-25-19(3)27(20-10-14-34(15-11-20)39(36,37)33-12-5-4-6-13-33)38-29(25)32-26(24)23-16-35-28(30-17-31-35)22-9-7-8-21(22)23/h16-18,20,32H,4-15H2,1-3H3. The average Bonchev–Trinajstić information content (AvgIpc) is 3.72. The van der Waals surface area contributed by atoms with Gasteiger partial charge in [-0.2, -0.15) is 22.1 Å². The van der Waals surface area contributed by atoms with Gasteiger partial charge in [0.15, 0.2) is 5.65 Å². The number of hydrogen-bond acceptors (Lipinski definition) is 5. The average molecular weight is 567 g/mol. The number of fused-ring (bicyclic) bond motifs is 4. The second kappa shape index (κ2) is 9.68. The van der Waals surface area contributed by atoms with E-state index in [0.29, 0.717) is 38.0 Å². The summed E-state index contributed by atoms with van der Waals surface area (Å²) in [5, 5.41) is 5.86. The van der Waals surface area contributed by atoms with Gasteiger partial charge < -0.3 is 4.98 Å². The Morgan fingerprint density at radius 3 is 2.46 bits per heavy atom. The highest BCUT2D eigenvalue weighted by atomic mass is 32.2. The van der Waals surface area contributed by atoms with Gasteiger partial charge in [0.1, 0.15) is 11.2 Å². The molecule has 8 nitrogen and oxygen atoms in total. The summed E-state index contributed by atoms with van der Waals surface area (Å²) in [5.74, 6) is 0.776. The highest BCUT2D eigenvalue weighted by Gasteiger charge is 2.35. The summed E-state index contributed by atoms with van der Waals surface area (Å²) in [7, 11) is -3.33. The zero-order chi connectivity index (χ0) is 26.9. The third kappa shape index (κ3) is 4.09. The van der Waals surface area contributed by atoms with Gasteiger partial charge in [0.05, 0.1) is 5.69 Å². The van der Waals surface area contributed by atoms with E-state index in [-0.39, 0.29) is 0 Å². The first-order chi connectivity index (χ1) is 18.8. The summed E-state index contributed by atoms with van der Waals surface area (Å²) in [5.41, 5.74) is 9.04. The lowest BCUT2D eigenvalue weighted by Gasteiger charge is -2.36. The Balaban J connectivity index is 1.21. The molecule has 39 heavy (non-hydrogen) atoms. The van der Waals surface area contributed by atoms with Crippen LogP contribution < -0.4 is 0 Å². The molecule has 10 heteroatoms. The number of thiophene rings is 1. The summed E-state index contributed by atoms with van der Waals surface area (Å²) >= 11 is 1.88. The fraction of sp³-hybridized carbons (Fsp3) is 0.586. The van der Waals surface area contributed by atoms with E-state index in [1.54, 1.807) is 14.9 Å². The number of piperidine rings is 2. The predicted molar refractivity (Wildman–Crippen MR) is 157 cm³/mol. The Kier molecular flexibility index (Phi) is 6.37. The number of hydrogen-bond donors (Lipinski definition) is 1. The monoisotopic (exact) mass is 566 g/mol. The Bertz CT molecular complexity index is 1650. The summed E-state index contributed by atoms with van der Waals surface area (Å²) in [6, 6.07) is 0. The number of aryl methyl sites for hydroxylation is 2. The molecule has 1 N–H and O–H groups in total. The number of aromatic nitrogens is 4. The largest absolute Gasteiger partial charge is 0.346 e. The lowest BCUT2D eigenvalue weighted by molar-refractivity contribution is 0.271. The van der Waals surface area contributed by atoms with Crippen LogP contribution in [-0.4, -0.2) is 62.8 Å². The molecule has 4 aromatic rings. The molecular formula is C29H38N6O2S2. The Labute approximate surface area is 234 Å². The molecule has 208 valence electrons. The van der Waals surface area contributed by atoms with Crippen LogP contribution in [0.25, 0.3) is 27.1 Å². The highest BCUT2D eigenvalue weighted by molar-refractivity contribution is 7.86. The van der Waals surface area contributed by atoms with Crippen LogP contribution in [0.4, 0.5) is 0 Å². The second-order valence-corrected chi connectivity index (χ2v) is 14.9. The predicted octanol–water partition coefficient (Wildman–Crippen LogP) is 5.77. The van der Waals surface area contributed by atoms with Crippen molar-refractivity contribution in [3.8, 4) is 11.3 Å². The maximum absolute atomic E-state index is 13.2. The third-order valence-electron chi connectivity index (χ3n) is 9.24. The SMILES string of the molecule is Cc1c(C2CCN(S(=O)(=O)N3CCCCC3)CC2)sc2[nH]c(-c3cn4ncnc4c4c3CCC4)c(C(C)C)c12. The van der Waals surface area contributed by atoms with Crippen molar-refractivity contribution in [2.75, 3.05) is 26.2 Å². The minimum atomic E-state index is -3.33. The quantitative estimate of drug-likeness (QED) is 0.332. The molecule has 0 saturated carbocycles. The van der Waals surface area contributed by atoms with Gasteiger partial charge >= 0.3 is 0 Å². The van der Waals surface area contributed by atoms with Crippen molar-refractivity contribution < 1.29 is 8.42 Å². The molecule has 2 fully saturated rings. The van der Waals surface area contributed by atoms with Gasteiger partial charge in [-0.15, -0.1) is 11.3 Å². The smallest absolute Gasteiger partial charge is 0.281 e. The van der Waals surface area contributed by atoms with E-state index in [9.17, 15) is 8.42 Å². The summed E-state index contributed by atoms with van der Waals surface area (Å²) in [6.07, 6.45) is 12.0.